The van der Waals surface area contributed by atoms with Crippen LogP contribution in [0, 0.1) is 0 Å². The van der Waals surface area contributed by atoms with Crippen molar-refractivity contribution in [2.24, 2.45) is 0 Å². The van der Waals surface area contributed by atoms with Gasteiger partial charge in [0.25, 0.3) is 0 Å². The number of aliphatic hydroxyl groups is 1. The molecule has 2 fully saturated rings. The van der Waals surface area contributed by atoms with Crippen LogP contribution >= 0.6 is 0 Å². The van der Waals surface area contributed by atoms with E-state index in [4.69, 9.17) is 14.2 Å². The number of fused-ring (bicyclic) bond motifs is 1. The molecule has 2 aliphatic rings. The van der Waals surface area contributed by atoms with Crippen LogP contribution in [0.3, 0.4) is 0 Å². The largest absolute Gasteiger partial charge is 0.389 e. The van der Waals surface area contributed by atoms with Crippen molar-refractivity contribution in [3.05, 3.63) is 0 Å². The van der Waals surface area contributed by atoms with E-state index in [1.54, 1.807) is 7.11 Å². The van der Waals surface area contributed by atoms with Crippen LogP contribution in [-0.2, 0) is 14.2 Å². The van der Waals surface area contributed by atoms with Gasteiger partial charge in [-0.15, -0.1) is 0 Å². The summed E-state index contributed by atoms with van der Waals surface area (Å²) in [7, 11) is 3.63. The van der Waals surface area contributed by atoms with Crippen molar-refractivity contribution in [2.75, 3.05) is 27.2 Å². The van der Waals surface area contributed by atoms with E-state index in [1.807, 2.05) is 25.8 Å². The van der Waals surface area contributed by atoms with Gasteiger partial charge in [0, 0.05) is 20.2 Å². The van der Waals surface area contributed by atoms with Crippen molar-refractivity contribution in [1.29, 1.82) is 0 Å². The monoisotopic (exact) mass is 231 g/mol. The zero-order valence-electron chi connectivity index (χ0n) is 10.3. The Morgan fingerprint density at radius 2 is 1.88 bits per heavy atom. The summed E-state index contributed by atoms with van der Waals surface area (Å²) in [5.74, 6) is -0.636. The Hall–Kier alpha value is -0.200. The normalized spacial score (nSPS) is 44.1. The Kier molecular flexibility index (Phi) is 3.25. The predicted molar refractivity (Wildman–Crippen MR) is 58.1 cm³/mol. The molecule has 0 saturated carbocycles. The average Bonchev–Trinajstić information content (AvgIpc) is 2.45. The molecule has 0 amide bonds. The third kappa shape index (κ3) is 2.24. The third-order valence-electron chi connectivity index (χ3n) is 3.20. The lowest BCUT2D eigenvalue weighted by Crippen LogP contribution is -2.42. The number of hydrogen-bond acceptors (Lipinski definition) is 5. The van der Waals surface area contributed by atoms with Gasteiger partial charge in [-0.05, 0) is 20.9 Å². The first kappa shape index (κ1) is 12.3. The number of β-amino-alcohol motifs (C(OH)–C–C–N with tert-alkyl or cyclic N) is 1. The van der Waals surface area contributed by atoms with Gasteiger partial charge in [-0.3, -0.25) is 0 Å². The number of rotatable bonds is 1. The fourth-order valence-electron chi connectivity index (χ4n) is 2.52. The van der Waals surface area contributed by atoms with Crippen LogP contribution in [0.4, 0.5) is 0 Å². The highest BCUT2D eigenvalue weighted by Crippen LogP contribution is 2.34. The molecular weight excluding hydrogens is 210 g/mol. The fourth-order valence-corrected chi connectivity index (χ4v) is 2.52. The number of hydrogen-bond donors (Lipinski definition) is 1. The van der Waals surface area contributed by atoms with Crippen molar-refractivity contribution >= 4 is 0 Å². The smallest absolute Gasteiger partial charge is 0.164 e. The van der Waals surface area contributed by atoms with Gasteiger partial charge in [0.1, 0.15) is 12.2 Å². The van der Waals surface area contributed by atoms with Crippen LogP contribution in [-0.4, -0.2) is 67.5 Å². The molecule has 4 unspecified atom stereocenters. The Morgan fingerprint density at radius 1 is 1.25 bits per heavy atom. The van der Waals surface area contributed by atoms with E-state index >= 15 is 0 Å². The summed E-state index contributed by atoms with van der Waals surface area (Å²) >= 11 is 0. The van der Waals surface area contributed by atoms with Crippen molar-refractivity contribution < 1.29 is 19.3 Å². The lowest BCUT2D eigenvalue weighted by atomic mass is 10.1. The zero-order chi connectivity index (χ0) is 11.9. The van der Waals surface area contributed by atoms with E-state index in [0.717, 1.165) is 6.54 Å². The molecule has 0 aromatic carbocycles. The first-order valence-corrected chi connectivity index (χ1v) is 5.68. The molecule has 0 radical (unpaired) electrons. The maximum Gasteiger partial charge on any atom is 0.164 e. The summed E-state index contributed by atoms with van der Waals surface area (Å²) in [6.45, 7) is 5.06. The second-order valence-electron chi connectivity index (χ2n) is 5.13. The molecule has 0 aromatic heterocycles. The minimum atomic E-state index is -0.636. The second kappa shape index (κ2) is 4.23. The number of methoxy groups -OCH3 is 1. The third-order valence-corrected chi connectivity index (χ3v) is 3.20. The van der Waals surface area contributed by atoms with Gasteiger partial charge in [-0.25, -0.2) is 0 Å². The SMILES string of the molecule is COC1CN(C)CC(O)C2OC(C)(C)OC12. The molecule has 94 valence electrons. The van der Waals surface area contributed by atoms with Gasteiger partial charge in [0.2, 0.25) is 0 Å². The molecule has 16 heavy (non-hydrogen) atoms. The van der Waals surface area contributed by atoms with Crippen molar-refractivity contribution in [3.63, 3.8) is 0 Å². The van der Waals surface area contributed by atoms with Crippen LogP contribution in [0.15, 0.2) is 0 Å². The van der Waals surface area contributed by atoms with Gasteiger partial charge >= 0.3 is 0 Å². The molecule has 1 N–H and O–H groups in total. The molecule has 2 rings (SSSR count). The van der Waals surface area contributed by atoms with Gasteiger partial charge in [-0.1, -0.05) is 0 Å². The molecular formula is C11H21NO4. The fraction of sp³-hybridized carbons (Fsp3) is 1.00. The molecule has 5 nitrogen and oxygen atoms in total. The number of nitrogens with zero attached hydrogens (tertiary/aromatic N) is 1. The molecule has 2 saturated heterocycles. The number of ether oxygens (including phenoxy) is 3. The lowest BCUT2D eigenvalue weighted by Gasteiger charge is -2.25. The van der Waals surface area contributed by atoms with E-state index in [0.29, 0.717) is 6.54 Å². The quantitative estimate of drug-likeness (QED) is 0.679. The topological polar surface area (TPSA) is 51.2 Å². The molecule has 4 atom stereocenters. The highest BCUT2D eigenvalue weighted by molar-refractivity contribution is 4.95. The Labute approximate surface area is 96.3 Å². The van der Waals surface area contributed by atoms with E-state index in [-0.39, 0.29) is 18.3 Å². The van der Waals surface area contributed by atoms with Crippen LogP contribution in [0.1, 0.15) is 13.8 Å². The molecule has 0 aromatic rings. The maximum atomic E-state index is 10.1. The summed E-state index contributed by atoms with van der Waals surface area (Å²) in [4.78, 5) is 2.04. The first-order chi connectivity index (χ1) is 7.43. The standard InChI is InChI=1S/C11H21NO4/c1-11(2)15-9-7(13)5-12(3)6-8(14-4)10(9)16-11/h7-10,13H,5-6H2,1-4H3. The van der Waals surface area contributed by atoms with E-state index in [9.17, 15) is 5.11 Å². The number of aliphatic hydroxyl groups excluding tert-OH is 1. The zero-order valence-corrected chi connectivity index (χ0v) is 10.3. The molecule has 2 heterocycles. The summed E-state index contributed by atoms with van der Waals surface area (Å²) < 4.78 is 17.0. The highest BCUT2D eigenvalue weighted by Gasteiger charge is 2.50. The summed E-state index contributed by atoms with van der Waals surface area (Å²) in [6.07, 6.45) is -1.09. The van der Waals surface area contributed by atoms with Crippen LogP contribution in [0.25, 0.3) is 0 Å². The van der Waals surface area contributed by atoms with E-state index < -0.39 is 11.9 Å². The molecule has 5 heteroatoms. The minimum Gasteiger partial charge on any atom is -0.389 e. The van der Waals surface area contributed by atoms with Gasteiger partial charge < -0.3 is 24.2 Å². The summed E-state index contributed by atoms with van der Waals surface area (Å²) in [6, 6.07) is 0. The van der Waals surface area contributed by atoms with E-state index in [1.165, 1.54) is 0 Å². The molecule has 2 aliphatic heterocycles. The summed E-state index contributed by atoms with van der Waals surface area (Å²) in [5.41, 5.74) is 0. The van der Waals surface area contributed by atoms with Gasteiger partial charge in [-0.2, -0.15) is 0 Å². The maximum absolute atomic E-state index is 10.1. The second-order valence-corrected chi connectivity index (χ2v) is 5.13. The highest BCUT2D eigenvalue weighted by atomic mass is 16.8. The minimum absolute atomic E-state index is 0.0612. The van der Waals surface area contributed by atoms with Gasteiger partial charge in [0.05, 0.1) is 12.2 Å². The van der Waals surface area contributed by atoms with Crippen molar-refractivity contribution in [2.45, 2.75) is 44.1 Å². The molecule has 0 spiro atoms. The Morgan fingerprint density at radius 3 is 2.50 bits per heavy atom. The summed E-state index contributed by atoms with van der Waals surface area (Å²) in [5, 5.41) is 10.1. The number of likely N-dealkylation sites (tertiary alicyclic amines) is 1. The molecule has 0 aliphatic carbocycles. The van der Waals surface area contributed by atoms with Crippen LogP contribution in [0.2, 0.25) is 0 Å². The van der Waals surface area contributed by atoms with Crippen LogP contribution < -0.4 is 0 Å². The predicted octanol–water partition coefficient (Wildman–Crippen LogP) is -0.172. The van der Waals surface area contributed by atoms with E-state index in [2.05, 4.69) is 0 Å². The van der Waals surface area contributed by atoms with Crippen LogP contribution in [0.5, 0.6) is 0 Å². The lowest BCUT2D eigenvalue weighted by molar-refractivity contribution is -0.166. The Balaban J connectivity index is 2.19. The Bertz CT molecular complexity index is 258. The molecule has 0 bridgehead atoms. The number of likely N-dealkylation sites (N-methyl/N-ethyl adjacent to an activating group) is 1. The first-order valence-electron chi connectivity index (χ1n) is 5.68. The van der Waals surface area contributed by atoms with Crippen molar-refractivity contribution in [3.8, 4) is 0 Å². The van der Waals surface area contributed by atoms with Crippen molar-refractivity contribution in [1.82, 2.24) is 4.90 Å². The average molecular weight is 231 g/mol. The van der Waals surface area contributed by atoms with Gasteiger partial charge in [0.15, 0.2) is 5.79 Å².